The number of benzene rings is 1. The van der Waals surface area contributed by atoms with Gasteiger partial charge < -0.3 is 5.73 Å². The number of hydrogen-bond acceptors (Lipinski definition) is 1. The third kappa shape index (κ3) is 1.95. The summed E-state index contributed by atoms with van der Waals surface area (Å²) in [6, 6.07) is 4.96. The molecule has 0 radical (unpaired) electrons. The maximum Gasteiger partial charge on any atom is 0.123 e. The van der Waals surface area contributed by atoms with Crippen molar-refractivity contribution in [3.63, 3.8) is 0 Å². The van der Waals surface area contributed by atoms with Gasteiger partial charge in [0.05, 0.1) is 0 Å². The molecule has 0 spiro atoms. The molecule has 2 rings (SSSR count). The number of halogens is 1. The van der Waals surface area contributed by atoms with Crippen molar-refractivity contribution in [1.82, 2.24) is 0 Å². The second-order valence-electron chi connectivity index (χ2n) is 4.68. The van der Waals surface area contributed by atoms with Gasteiger partial charge in [-0.3, -0.25) is 0 Å². The Balaban J connectivity index is 2.52. The van der Waals surface area contributed by atoms with E-state index in [0.717, 1.165) is 29.5 Å². The van der Waals surface area contributed by atoms with Crippen molar-refractivity contribution >= 4 is 5.57 Å². The molecule has 15 heavy (non-hydrogen) atoms. The van der Waals surface area contributed by atoms with Gasteiger partial charge in [-0.2, -0.15) is 0 Å². The van der Waals surface area contributed by atoms with E-state index in [2.05, 4.69) is 6.08 Å². The van der Waals surface area contributed by atoms with Crippen molar-refractivity contribution < 1.29 is 4.39 Å². The molecule has 2 heteroatoms. The van der Waals surface area contributed by atoms with Crippen molar-refractivity contribution in [3.05, 3.63) is 41.2 Å². The fraction of sp³-hybridized carbons (Fsp3) is 0.385. The lowest BCUT2D eigenvalue weighted by atomic mass is 9.81. The fourth-order valence-electron chi connectivity index (χ4n) is 2.12. The smallest absolute Gasteiger partial charge is 0.123 e. The van der Waals surface area contributed by atoms with Crippen molar-refractivity contribution in [1.29, 1.82) is 0 Å². The van der Waals surface area contributed by atoms with Crippen LogP contribution < -0.4 is 5.73 Å². The van der Waals surface area contributed by atoms with Crippen LogP contribution in [-0.2, 0) is 6.42 Å². The van der Waals surface area contributed by atoms with E-state index in [4.69, 9.17) is 5.73 Å². The minimum Gasteiger partial charge on any atom is -0.322 e. The number of hydrogen-bond donors (Lipinski definition) is 1. The van der Waals surface area contributed by atoms with E-state index in [1.165, 1.54) is 6.07 Å². The number of fused-ring (bicyclic) bond motifs is 1. The van der Waals surface area contributed by atoms with Crippen LogP contribution in [0, 0.1) is 5.82 Å². The fourth-order valence-corrected chi connectivity index (χ4v) is 2.12. The van der Waals surface area contributed by atoms with Gasteiger partial charge in [0.25, 0.3) is 0 Å². The highest BCUT2D eigenvalue weighted by Gasteiger charge is 2.23. The van der Waals surface area contributed by atoms with Crippen LogP contribution in [0.4, 0.5) is 4.39 Å². The largest absolute Gasteiger partial charge is 0.322 e. The van der Waals surface area contributed by atoms with Crippen LogP contribution >= 0.6 is 0 Å². The third-order valence-corrected chi connectivity index (χ3v) is 2.81. The van der Waals surface area contributed by atoms with Gasteiger partial charge >= 0.3 is 0 Å². The van der Waals surface area contributed by atoms with Gasteiger partial charge in [-0.15, -0.1) is 0 Å². The number of nitrogens with two attached hydrogens (primary N) is 1. The minimum atomic E-state index is -0.354. The molecule has 0 aliphatic heterocycles. The lowest BCUT2D eigenvalue weighted by molar-refractivity contribution is 0.622. The van der Waals surface area contributed by atoms with Gasteiger partial charge in [0.1, 0.15) is 5.82 Å². The molecule has 0 bridgehead atoms. The molecule has 80 valence electrons. The van der Waals surface area contributed by atoms with E-state index in [1.807, 2.05) is 19.9 Å². The lowest BCUT2D eigenvalue weighted by Crippen LogP contribution is -2.34. The summed E-state index contributed by atoms with van der Waals surface area (Å²) in [5.74, 6) is -0.162. The molecule has 2 N–H and O–H groups in total. The predicted molar refractivity (Wildman–Crippen MR) is 61.0 cm³/mol. The Labute approximate surface area is 89.8 Å². The molecule has 0 unspecified atom stereocenters. The van der Waals surface area contributed by atoms with E-state index in [9.17, 15) is 4.39 Å². The molecule has 0 saturated carbocycles. The van der Waals surface area contributed by atoms with Gasteiger partial charge in [-0.05, 0) is 55.5 Å². The van der Waals surface area contributed by atoms with Crippen LogP contribution in [0.1, 0.15) is 31.4 Å². The molecular formula is C13H16FN. The second kappa shape index (κ2) is 3.46. The highest BCUT2D eigenvalue weighted by atomic mass is 19.1. The number of rotatable bonds is 1. The maximum absolute atomic E-state index is 13.1. The zero-order chi connectivity index (χ0) is 11.1. The highest BCUT2D eigenvalue weighted by molar-refractivity contribution is 5.75. The van der Waals surface area contributed by atoms with Crippen molar-refractivity contribution in [2.75, 3.05) is 0 Å². The average Bonchev–Trinajstić information content (AvgIpc) is 2.15. The van der Waals surface area contributed by atoms with Gasteiger partial charge in [0.15, 0.2) is 0 Å². The molecule has 1 aromatic carbocycles. The van der Waals surface area contributed by atoms with E-state index >= 15 is 0 Å². The van der Waals surface area contributed by atoms with E-state index in [0.29, 0.717) is 0 Å². The van der Waals surface area contributed by atoms with Crippen LogP contribution in [0.2, 0.25) is 0 Å². The molecule has 0 atom stereocenters. The minimum absolute atomic E-state index is 0.162. The first kappa shape index (κ1) is 10.4. The molecule has 1 aliphatic rings. The van der Waals surface area contributed by atoms with Gasteiger partial charge in [0.2, 0.25) is 0 Å². The summed E-state index contributed by atoms with van der Waals surface area (Å²) in [6.07, 6.45) is 4.03. The average molecular weight is 205 g/mol. The molecule has 0 saturated heterocycles. The monoisotopic (exact) mass is 205 g/mol. The SMILES string of the molecule is CC(C)(N)C1=CCCc2cc(F)ccc21. The summed E-state index contributed by atoms with van der Waals surface area (Å²) >= 11 is 0. The van der Waals surface area contributed by atoms with Crippen molar-refractivity contribution in [3.8, 4) is 0 Å². The first-order valence-corrected chi connectivity index (χ1v) is 5.27. The van der Waals surface area contributed by atoms with Crippen LogP contribution in [0.25, 0.3) is 5.57 Å². The van der Waals surface area contributed by atoms with Crippen LogP contribution in [0.15, 0.2) is 24.3 Å². The molecule has 1 nitrogen and oxygen atoms in total. The van der Waals surface area contributed by atoms with Crippen LogP contribution in [-0.4, -0.2) is 5.54 Å². The Morgan fingerprint density at radius 2 is 2.07 bits per heavy atom. The maximum atomic E-state index is 13.1. The van der Waals surface area contributed by atoms with Crippen LogP contribution in [0.3, 0.4) is 0 Å². The molecule has 0 aromatic heterocycles. The quantitative estimate of drug-likeness (QED) is 0.749. The zero-order valence-corrected chi connectivity index (χ0v) is 9.18. The van der Waals surface area contributed by atoms with Gasteiger partial charge in [0, 0.05) is 5.54 Å². The van der Waals surface area contributed by atoms with E-state index in [1.54, 1.807) is 6.07 Å². The molecular weight excluding hydrogens is 189 g/mol. The third-order valence-electron chi connectivity index (χ3n) is 2.81. The van der Waals surface area contributed by atoms with Gasteiger partial charge in [-0.25, -0.2) is 4.39 Å². The van der Waals surface area contributed by atoms with E-state index in [-0.39, 0.29) is 11.4 Å². The molecule has 1 aromatic rings. The normalized spacial score (nSPS) is 15.9. The van der Waals surface area contributed by atoms with Crippen molar-refractivity contribution in [2.24, 2.45) is 5.73 Å². The summed E-state index contributed by atoms with van der Waals surface area (Å²) in [5, 5.41) is 0. The summed E-state index contributed by atoms with van der Waals surface area (Å²) in [4.78, 5) is 0. The zero-order valence-electron chi connectivity index (χ0n) is 9.18. The Kier molecular flexibility index (Phi) is 2.39. The summed E-state index contributed by atoms with van der Waals surface area (Å²) in [6.45, 7) is 3.97. The van der Waals surface area contributed by atoms with Crippen molar-refractivity contribution in [2.45, 2.75) is 32.2 Å². The first-order chi connectivity index (χ1) is 6.98. The summed E-state index contributed by atoms with van der Waals surface area (Å²) in [7, 11) is 0. The van der Waals surface area contributed by atoms with Crippen LogP contribution in [0.5, 0.6) is 0 Å². The number of aryl methyl sites for hydroxylation is 1. The molecule has 0 amide bonds. The number of allylic oxidation sites excluding steroid dienone is 1. The Morgan fingerprint density at radius 3 is 2.73 bits per heavy atom. The Hall–Kier alpha value is -1.15. The van der Waals surface area contributed by atoms with Gasteiger partial charge in [-0.1, -0.05) is 12.1 Å². The molecule has 1 aliphatic carbocycles. The summed E-state index contributed by atoms with van der Waals surface area (Å²) < 4.78 is 13.1. The van der Waals surface area contributed by atoms with E-state index < -0.39 is 0 Å². The second-order valence-corrected chi connectivity index (χ2v) is 4.68. The highest BCUT2D eigenvalue weighted by Crippen LogP contribution is 2.32. The first-order valence-electron chi connectivity index (χ1n) is 5.27. The lowest BCUT2D eigenvalue weighted by Gasteiger charge is -2.28. The predicted octanol–water partition coefficient (Wildman–Crippen LogP) is 2.89. The molecule has 0 heterocycles. The topological polar surface area (TPSA) is 26.0 Å². The summed E-state index contributed by atoms with van der Waals surface area (Å²) in [5.41, 5.74) is 9.06. The standard InChI is InChI=1S/C13H16FN/c1-13(2,15)12-5-3-4-9-8-10(14)6-7-11(9)12/h5-8H,3-4,15H2,1-2H3. The Morgan fingerprint density at radius 1 is 1.33 bits per heavy atom. The Bertz CT molecular complexity index is 413. The molecule has 0 fully saturated rings.